The molecule has 7 heteroatoms. The van der Waals surface area contributed by atoms with Crippen molar-refractivity contribution in [3.8, 4) is 5.75 Å². The quantitative estimate of drug-likeness (QED) is 0.601. The molecule has 0 fully saturated rings. The topological polar surface area (TPSA) is 94.6 Å². The fraction of sp³-hybridized carbons (Fsp3) is 0.100. The van der Waals surface area contributed by atoms with Crippen LogP contribution in [0.25, 0.3) is 0 Å². The van der Waals surface area contributed by atoms with E-state index in [1.54, 1.807) is 30.3 Å². The van der Waals surface area contributed by atoms with Crippen LogP contribution in [0.3, 0.4) is 0 Å². The molecule has 3 rings (SSSR count). The molecule has 3 aromatic rings. The minimum atomic E-state index is -0.939. The van der Waals surface area contributed by atoms with Crippen molar-refractivity contribution in [2.75, 3.05) is 0 Å². The number of nitrogens with two attached hydrogens (primary N) is 1. The monoisotopic (exact) mass is 428 g/mol. The van der Waals surface area contributed by atoms with E-state index in [-0.39, 0.29) is 12.4 Å². The largest absolute Gasteiger partial charge is 0.486 e. The van der Waals surface area contributed by atoms with Gasteiger partial charge in [0.1, 0.15) is 24.2 Å². The van der Waals surface area contributed by atoms with Crippen molar-refractivity contribution in [3.05, 3.63) is 88.3 Å². The van der Waals surface area contributed by atoms with Crippen molar-refractivity contribution in [1.29, 1.82) is 0 Å². The first-order valence-electron chi connectivity index (χ1n) is 8.15. The highest BCUT2D eigenvalue weighted by atomic mass is 79.9. The lowest BCUT2D eigenvalue weighted by atomic mass is 10.1. The Morgan fingerprint density at radius 3 is 2.41 bits per heavy atom. The van der Waals surface area contributed by atoms with Crippen LogP contribution in [0.1, 0.15) is 27.9 Å². The molecule has 0 saturated heterocycles. The summed E-state index contributed by atoms with van der Waals surface area (Å²) in [7, 11) is 0. The molecule has 0 saturated carbocycles. The van der Waals surface area contributed by atoms with E-state index >= 15 is 0 Å². The third kappa shape index (κ3) is 4.98. The second-order valence-electron chi connectivity index (χ2n) is 5.73. The van der Waals surface area contributed by atoms with Crippen LogP contribution in [0.2, 0.25) is 0 Å². The lowest BCUT2D eigenvalue weighted by Gasteiger charge is -2.14. The molecule has 0 aliphatic heterocycles. The summed E-state index contributed by atoms with van der Waals surface area (Å²) in [5.74, 6) is 0.0564. The van der Waals surface area contributed by atoms with Crippen molar-refractivity contribution < 1.29 is 18.7 Å². The molecule has 0 radical (unpaired) electrons. The summed E-state index contributed by atoms with van der Waals surface area (Å²) in [6, 6.07) is 18.4. The van der Waals surface area contributed by atoms with Gasteiger partial charge in [0.15, 0.2) is 5.76 Å². The SMILES string of the molecule is NC(=O)C(NC(=O)c1ccc(COc2ccc(Br)cc2)o1)c1ccccc1. The van der Waals surface area contributed by atoms with Crippen molar-refractivity contribution in [2.45, 2.75) is 12.6 Å². The summed E-state index contributed by atoms with van der Waals surface area (Å²) in [5.41, 5.74) is 6.02. The van der Waals surface area contributed by atoms with Gasteiger partial charge in [-0.3, -0.25) is 9.59 Å². The van der Waals surface area contributed by atoms with Crippen LogP contribution in [-0.2, 0) is 11.4 Å². The molecule has 0 aliphatic carbocycles. The predicted octanol–water partition coefficient (Wildman–Crippen LogP) is 3.58. The van der Waals surface area contributed by atoms with Crippen molar-refractivity contribution >= 4 is 27.7 Å². The van der Waals surface area contributed by atoms with E-state index in [0.717, 1.165) is 4.47 Å². The Morgan fingerprint density at radius 1 is 1.04 bits per heavy atom. The molecular weight excluding hydrogens is 412 g/mol. The van der Waals surface area contributed by atoms with Crippen LogP contribution >= 0.6 is 15.9 Å². The summed E-state index contributed by atoms with van der Waals surface area (Å²) < 4.78 is 12.1. The van der Waals surface area contributed by atoms with E-state index in [2.05, 4.69) is 21.2 Å². The maximum Gasteiger partial charge on any atom is 0.287 e. The standard InChI is InChI=1S/C20H17BrN2O4/c21-14-6-8-15(9-7-14)26-12-16-10-11-17(27-16)20(25)23-18(19(22)24)13-4-2-1-3-5-13/h1-11,18H,12H2,(H2,22,24)(H,23,25). The Balaban J connectivity index is 1.63. The molecule has 1 heterocycles. The number of rotatable bonds is 7. The Hall–Kier alpha value is -3.06. The van der Waals surface area contributed by atoms with Gasteiger partial charge in [-0.1, -0.05) is 46.3 Å². The second-order valence-corrected chi connectivity index (χ2v) is 6.64. The van der Waals surface area contributed by atoms with Gasteiger partial charge in [0.2, 0.25) is 5.91 Å². The molecule has 0 aliphatic rings. The summed E-state index contributed by atoms with van der Waals surface area (Å²) in [6.45, 7) is 0.173. The number of ether oxygens (including phenoxy) is 1. The smallest absolute Gasteiger partial charge is 0.287 e. The first-order chi connectivity index (χ1) is 13.0. The zero-order valence-corrected chi connectivity index (χ0v) is 15.8. The van der Waals surface area contributed by atoms with E-state index in [9.17, 15) is 9.59 Å². The van der Waals surface area contributed by atoms with Gasteiger partial charge in [-0.2, -0.15) is 0 Å². The van der Waals surface area contributed by atoms with Crippen LogP contribution in [0, 0.1) is 0 Å². The zero-order chi connectivity index (χ0) is 19.2. The van der Waals surface area contributed by atoms with E-state index in [0.29, 0.717) is 17.1 Å². The van der Waals surface area contributed by atoms with Gasteiger partial charge >= 0.3 is 0 Å². The molecule has 1 aromatic heterocycles. The zero-order valence-electron chi connectivity index (χ0n) is 14.2. The highest BCUT2D eigenvalue weighted by molar-refractivity contribution is 9.10. The third-order valence-electron chi connectivity index (χ3n) is 3.77. The Labute approximate surface area is 164 Å². The number of halogens is 1. The lowest BCUT2D eigenvalue weighted by molar-refractivity contribution is -0.120. The number of nitrogens with one attached hydrogen (secondary N) is 1. The molecule has 27 heavy (non-hydrogen) atoms. The fourth-order valence-electron chi connectivity index (χ4n) is 2.43. The highest BCUT2D eigenvalue weighted by Crippen LogP contribution is 2.19. The first-order valence-corrected chi connectivity index (χ1v) is 8.94. The lowest BCUT2D eigenvalue weighted by Crippen LogP contribution is -2.37. The van der Waals surface area contributed by atoms with Gasteiger partial charge in [0.25, 0.3) is 5.91 Å². The fourth-order valence-corrected chi connectivity index (χ4v) is 2.69. The van der Waals surface area contributed by atoms with Crippen LogP contribution < -0.4 is 15.8 Å². The molecule has 1 atom stereocenters. The minimum absolute atomic E-state index is 0.0755. The maximum absolute atomic E-state index is 12.4. The summed E-state index contributed by atoms with van der Waals surface area (Å²) in [6.07, 6.45) is 0. The number of carbonyl (C=O) groups excluding carboxylic acids is 2. The molecular formula is C20H17BrN2O4. The van der Waals surface area contributed by atoms with E-state index in [1.807, 2.05) is 30.3 Å². The molecule has 0 spiro atoms. The Morgan fingerprint density at radius 2 is 1.74 bits per heavy atom. The number of carbonyl (C=O) groups is 2. The summed E-state index contributed by atoms with van der Waals surface area (Å²) in [5, 5.41) is 2.59. The molecule has 138 valence electrons. The van der Waals surface area contributed by atoms with Gasteiger partial charge < -0.3 is 20.2 Å². The molecule has 1 unspecified atom stereocenters. The van der Waals surface area contributed by atoms with Crippen molar-refractivity contribution in [3.63, 3.8) is 0 Å². The van der Waals surface area contributed by atoms with E-state index in [1.165, 1.54) is 6.07 Å². The van der Waals surface area contributed by atoms with Crippen LogP contribution in [0.5, 0.6) is 5.75 Å². The number of hydrogen-bond donors (Lipinski definition) is 2. The average molecular weight is 429 g/mol. The first kappa shape index (κ1) is 18.7. The van der Waals surface area contributed by atoms with E-state index in [4.69, 9.17) is 14.9 Å². The van der Waals surface area contributed by atoms with Crippen molar-refractivity contribution in [2.24, 2.45) is 5.73 Å². The normalized spacial score (nSPS) is 11.6. The van der Waals surface area contributed by atoms with Gasteiger partial charge in [-0.25, -0.2) is 0 Å². The molecule has 3 N–H and O–H groups in total. The second kappa shape index (κ2) is 8.55. The van der Waals surface area contributed by atoms with Crippen LogP contribution in [0.4, 0.5) is 0 Å². The van der Waals surface area contributed by atoms with E-state index < -0.39 is 17.9 Å². The molecule has 6 nitrogen and oxygen atoms in total. The number of primary amides is 1. The number of furan rings is 1. The van der Waals surface area contributed by atoms with Gasteiger partial charge in [-0.15, -0.1) is 0 Å². The molecule has 0 bridgehead atoms. The average Bonchev–Trinajstić information content (AvgIpc) is 3.15. The van der Waals surface area contributed by atoms with Gasteiger partial charge in [0, 0.05) is 4.47 Å². The maximum atomic E-state index is 12.4. The van der Waals surface area contributed by atoms with Crippen molar-refractivity contribution in [1.82, 2.24) is 5.32 Å². The Bertz CT molecular complexity index is 923. The molecule has 2 aromatic carbocycles. The summed E-state index contributed by atoms with van der Waals surface area (Å²) in [4.78, 5) is 24.1. The minimum Gasteiger partial charge on any atom is -0.486 e. The highest BCUT2D eigenvalue weighted by Gasteiger charge is 2.22. The number of hydrogen-bond acceptors (Lipinski definition) is 4. The Kier molecular flexibility index (Phi) is 5.93. The van der Waals surface area contributed by atoms with Crippen LogP contribution in [-0.4, -0.2) is 11.8 Å². The summed E-state index contributed by atoms with van der Waals surface area (Å²) >= 11 is 3.36. The molecule has 2 amide bonds. The van der Waals surface area contributed by atoms with Crippen LogP contribution in [0.15, 0.2) is 75.6 Å². The number of amides is 2. The number of benzene rings is 2. The van der Waals surface area contributed by atoms with Gasteiger partial charge in [-0.05, 0) is 42.0 Å². The van der Waals surface area contributed by atoms with Gasteiger partial charge in [0.05, 0.1) is 0 Å². The third-order valence-corrected chi connectivity index (χ3v) is 4.30. The predicted molar refractivity (Wildman–Crippen MR) is 103 cm³/mol.